The molecule has 0 saturated carbocycles. The Morgan fingerprint density at radius 1 is 1.13 bits per heavy atom. The summed E-state index contributed by atoms with van der Waals surface area (Å²) in [7, 11) is 1.67. The summed E-state index contributed by atoms with van der Waals surface area (Å²) in [6.45, 7) is 6.12. The quantitative estimate of drug-likeness (QED) is 0.729. The SMILES string of the molecule is Cc1ccc2c(c1)N(C)C(=O)C(C)(C(=O)N1CCN(Cc3ccccc3F)CC1)O2. The van der Waals surface area contributed by atoms with Crippen molar-refractivity contribution in [3.8, 4) is 5.75 Å². The maximum absolute atomic E-state index is 13.9. The minimum atomic E-state index is -1.59. The number of likely N-dealkylation sites (N-methyl/N-ethyl adjacent to an activating group) is 1. The molecule has 1 saturated heterocycles. The van der Waals surface area contributed by atoms with E-state index in [0.29, 0.717) is 49.7 Å². The molecule has 30 heavy (non-hydrogen) atoms. The summed E-state index contributed by atoms with van der Waals surface area (Å²) >= 11 is 0. The van der Waals surface area contributed by atoms with E-state index in [-0.39, 0.29) is 17.6 Å². The fraction of sp³-hybridized carbons (Fsp3) is 0.391. The summed E-state index contributed by atoms with van der Waals surface area (Å²) in [5, 5.41) is 0. The lowest BCUT2D eigenvalue weighted by Crippen LogP contribution is -2.64. The summed E-state index contributed by atoms with van der Waals surface area (Å²) in [5.41, 5.74) is 0.728. The van der Waals surface area contributed by atoms with Gasteiger partial charge >= 0.3 is 0 Å². The fourth-order valence-electron chi connectivity index (χ4n) is 4.08. The number of rotatable bonds is 3. The molecule has 0 aromatic heterocycles. The summed E-state index contributed by atoms with van der Waals surface area (Å²) in [6, 6.07) is 12.3. The molecule has 2 aliphatic heterocycles. The third-order valence-corrected chi connectivity index (χ3v) is 5.92. The zero-order valence-corrected chi connectivity index (χ0v) is 17.5. The van der Waals surface area contributed by atoms with Crippen LogP contribution in [0.15, 0.2) is 42.5 Å². The molecular weight excluding hydrogens is 385 g/mol. The molecule has 0 N–H and O–H groups in total. The molecule has 4 rings (SSSR count). The number of amides is 2. The van der Waals surface area contributed by atoms with Gasteiger partial charge in [0.25, 0.3) is 17.4 Å². The average molecular weight is 411 g/mol. The second kappa shape index (κ2) is 7.72. The first-order valence-corrected chi connectivity index (χ1v) is 10.1. The van der Waals surface area contributed by atoms with Crippen LogP contribution in [0.3, 0.4) is 0 Å². The van der Waals surface area contributed by atoms with Gasteiger partial charge in [-0.1, -0.05) is 24.3 Å². The number of nitrogens with zero attached hydrogens (tertiary/aromatic N) is 3. The van der Waals surface area contributed by atoms with Crippen molar-refractivity contribution in [3.05, 3.63) is 59.4 Å². The average Bonchev–Trinajstić information content (AvgIpc) is 2.74. The molecule has 1 fully saturated rings. The number of piperazine rings is 1. The Kier molecular flexibility index (Phi) is 5.24. The number of fused-ring (bicyclic) bond motifs is 1. The van der Waals surface area contributed by atoms with Crippen molar-refractivity contribution in [3.63, 3.8) is 0 Å². The van der Waals surface area contributed by atoms with Gasteiger partial charge in [0.1, 0.15) is 11.6 Å². The Morgan fingerprint density at radius 3 is 2.53 bits per heavy atom. The Bertz CT molecular complexity index is 987. The van der Waals surface area contributed by atoms with Crippen LogP contribution in [0.2, 0.25) is 0 Å². The van der Waals surface area contributed by atoms with E-state index < -0.39 is 5.60 Å². The number of carbonyl (C=O) groups excluding carboxylic acids is 2. The normalized spacial score (nSPS) is 21.9. The number of anilines is 1. The Morgan fingerprint density at radius 2 is 1.83 bits per heavy atom. The molecule has 2 aromatic carbocycles. The first kappa shape index (κ1) is 20.3. The van der Waals surface area contributed by atoms with Gasteiger partial charge in [-0.15, -0.1) is 0 Å². The molecule has 0 aliphatic carbocycles. The van der Waals surface area contributed by atoms with Crippen LogP contribution in [0.4, 0.5) is 10.1 Å². The minimum absolute atomic E-state index is 0.221. The maximum Gasteiger partial charge on any atom is 0.280 e. The highest BCUT2D eigenvalue weighted by atomic mass is 19.1. The van der Waals surface area contributed by atoms with E-state index in [2.05, 4.69) is 4.90 Å². The van der Waals surface area contributed by atoms with Crippen LogP contribution >= 0.6 is 0 Å². The first-order chi connectivity index (χ1) is 14.3. The van der Waals surface area contributed by atoms with Crippen molar-refractivity contribution in [2.45, 2.75) is 26.0 Å². The van der Waals surface area contributed by atoms with Crippen LogP contribution in [-0.4, -0.2) is 60.4 Å². The van der Waals surface area contributed by atoms with E-state index in [0.717, 1.165) is 5.56 Å². The van der Waals surface area contributed by atoms with E-state index in [1.54, 1.807) is 37.1 Å². The van der Waals surface area contributed by atoms with Gasteiger partial charge in [-0.25, -0.2) is 4.39 Å². The lowest BCUT2D eigenvalue weighted by atomic mass is 9.98. The molecule has 0 radical (unpaired) electrons. The van der Waals surface area contributed by atoms with Crippen molar-refractivity contribution < 1.29 is 18.7 Å². The Labute approximate surface area is 175 Å². The van der Waals surface area contributed by atoms with Crippen LogP contribution in [0, 0.1) is 12.7 Å². The number of hydrogen-bond acceptors (Lipinski definition) is 4. The summed E-state index contributed by atoms with van der Waals surface area (Å²) < 4.78 is 19.9. The fourth-order valence-corrected chi connectivity index (χ4v) is 4.08. The molecule has 0 bridgehead atoms. The highest BCUT2D eigenvalue weighted by molar-refractivity contribution is 6.16. The number of ether oxygens (including phenoxy) is 1. The van der Waals surface area contributed by atoms with E-state index in [9.17, 15) is 14.0 Å². The van der Waals surface area contributed by atoms with Gasteiger partial charge in [0.2, 0.25) is 0 Å². The zero-order chi connectivity index (χ0) is 21.5. The number of aryl methyl sites for hydroxylation is 1. The number of benzene rings is 2. The van der Waals surface area contributed by atoms with E-state index in [4.69, 9.17) is 4.74 Å². The zero-order valence-electron chi connectivity index (χ0n) is 17.5. The summed E-state index contributed by atoms with van der Waals surface area (Å²) in [6.07, 6.45) is 0. The maximum atomic E-state index is 13.9. The van der Waals surface area contributed by atoms with Gasteiger partial charge in [0.15, 0.2) is 0 Å². The molecule has 2 amide bonds. The van der Waals surface area contributed by atoms with Gasteiger partial charge < -0.3 is 14.5 Å². The predicted octanol–water partition coefficient (Wildman–Crippen LogP) is 2.59. The number of carbonyl (C=O) groups is 2. The van der Waals surface area contributed by atoms with Crippen LogP contribution in [0.25, 0.3) is 0 Å². The van der Waals surface area contributed by atoms with Gasteiger partial charge in [0.05, 0.1) is 5.69 Å². The minimum Gasteiger partial charge on any atom is -0.465 e. The van der Waals surface area contributed by atoms with Crippen molar-refractivity contribution in [1.82, 2.24) is 9.80 Å². The molecule has 1 atom stereocenters. The summed E-state index contributed by atoms with van der Waals surface area (Å²) in [5.74, 6) is -0.408. The third-order valence-electron chi connectivity index (χ3n) is 5.92. The van der Waals surface area contributed by atoms with Crippen LogP contribution < -0.4 is 9.64 Å². The predicted molar refractivity (Wildman–Crippen MR) is 112 cm³/mol. The highest BCUT2D eigenvalue weighted by Gasteiger charge is 2.51. The van der Waals surface area contributed by atoms with Gasteiger partial charge in [-0.3, -0.25) is 14.5 Å². The lowest BCUT2D eigenvalue weighted by Gasteiger charge is -2.42. The monoisotopic (exact) mass is 411 g/mol. The van der Waals surface area contributed by atoms with Crippen molar-refractivity contribution in [2.24, 2.45) is 0 Å². The largest absolute Gasteiger partial charge is 0.465 e. The molecule has 1 unspecified atom stereocenters. The Balaban J connectivity index is 1.45. The van der Waals surface area contributed by atoms with E-state index in [1.807, 2.05) is 25.1 Å². The molecule has 2 heterocycles. The van der Waals surface area contributed by atoms with Gasteiger partial charge in [-0.05, 0) is 37.6 Å². The molecule has 7 heteroatoms. The lowest BCUT2D eigenvalue weighted by molar-refractivity contribution is -0.157. The van der Waals surface area contributed by atoms with Gasteiger partial charge in [0, 0.05) is 45.3 Å². The topological polar surface area (TPSA) is 53.1 Å². The second-order valence-electron chi connectivity index (χ2n) is 8.13. The molecule has 2 aliphatic rings. The molecular formula is C23H26FN3O3. The first-order valence-electron chi connectivity index (χ1n) is 10.1. The van der Waals surface area contributed by atoms with Crippen molar-refractivity contribution in [2.75, 3.05) is 38.1 Å². The smallest absolute Gasteiger partial charge is 0.280 e. The third kappa shape index (κ3) is 3.54. The molecule has 158 valence electrons. The molecule has 6 nitrogen and oxygen atoms in total. The number of hydrogen-bond donors (Lipinski definition) is 0. The number of halogens is 1. The van der Waals surface area contributed by atoms with Crippen LogP contribution in [-0.2, 0) is 16.1 Å². The van der Waals surface area contributed by atoms with Gasteiger partial charge in [-0.2, -0.15) is 0 Å². The Hall–Kier alpha value is -2.93. The second-order valence-corrected chi connectivity index (χ2v) is 8.13. The van der Waals surface area contributed by atoms with E-state index >= 15 is 0 Å². The molecule has 2 aromatic rings. The van der Waals surface area contributed by atoms with E-state index in [1.165, 1.54) is 11.0 Å². The molecule has 0 spiro atoms. The van der Waals surface area contributed by atoms with Crippen molar-refractivity contribution in [1.29, 1.82) is 0 Å². The summed E-state index contributed by atoms with van der Waals surface area (Å²) in [4.78, 5) is 31.6. The standard InChI is InChI=1S/C23H26FN3O3/c1-16-8-9-20-19(14-16)25(3)21(28)23(2,30-20)22(29)27-12-10-26(11-13-27)15-17-6-4-5-7-18(17)24/h4-9,14H,10-13,15H2,1-3H3. The van der Waals surface area contributed by atoms with Crippen molar-refractivity contribution >= 4 is 17.5 Å². The highest BCUT2D eigenvalue weighted by Crippen LogP contribution is 2.38. The van der Waals surface area contributed by atoms with Crippen LogP contribution in [0.1, 0.15) is 18.1 Å². The van der Waals surface area contributed by atoms with Crippen LogP contribution in [0.5, 0.6) is 5.75 Å².